The van der Waals surface area contributed by atoms with E-state index < -0.39 is 0 Å². The van der Waals surface area contributed by atoms with Crippen LogP contribution in [0.15, 0.2) is 30.5 Å². The number of aryl methyl sites for hydroxylation is 2. The summed E-state index contributed by atoms with van der Waals surface area (Å²) in [5.41, 5.74) is 9.26. The van der Waals surface area contributed by atoms with Crippen LogP contribution >= 0.6 is 11.3 Å². The second-order valence-corrected chi connectivity index (χ2v) is 6.84. The number of nitrogens with two attached hydrogens (primary N) is 1. The molecular formula is C16H20N2S. The highest BCUT2D eigenvalue weighted by molar-refractivity contribution is 7.11. The van der Waals surface area contributed by atoms with E-state index in [0.29, 0.717) is 0 Å². The maximum Gasteiger partial charge on any atom is 0.0896 e. The van der Waals surface area contributed by atoms with E-state index in [2.05, 4.69) is 36.2 Å². The van der Waals surface area contributed by atoms with Gasteiger partial charge >= 0.3 is 0 Å². The Balaban J connectivity index is 2.00. The summed E-state index contributed by atoms with van der Waals surface area (Å²) in [7, 11) is 0. The third-order valence-electron chi connectivity index (χ3n) is 4.26. The van der Waals surface area contributed by atoms with Crippen LogP contribution in [0.25, 0.3) is 0 Å². The molecule has 0 aliphatic heterocycles. The van der Waals surface area contributed by atoms with E-state index in [1.807, 2.05) is 6.20 Å². The van der Waals surface area contributed by atoms with Gasteiger partial charge in [-0.2, -0.15) is 0 Å². The van der Waals surface area contributed by atoms with Crippen LogP contribution in [-0.2, 0) is 18.3 Å². The number of benzene rings is 1. The second kappa shape index (κ2) is 5.06. The van der Waals surface area contributed by atoms with Gasteiger partial charge in [-0.05, 0) is 43.7 Å². The maximum absolute atomic E-state index is 6.19. The fourth-order valence-corrected chi connectivity index (χ4v) is 4.23. The summed E-state index contributed by atoms with van der Waals surface area (Å²) in [5.74, 6) is 0. The number of rotatable bonds is 3. The van der Waals surface area contributed by atoms with Crippen LogP contribution in [0, 0.1) is 6.92 Å². The van der Waals surface area contributed by atoms with Crippen molar-refractivity contribution >= 4 is 11.3 Å². The molecule has 100 valence electrons. The number of hydrogen-bond donors (Lipinski definition) is 1. The molecule has 1 heterocycles. The van der Waals surface area contributed by atoms with Gasteiger partial charge in [0, 0.05) is 23.0 Å². The van der Waals surface area contributed by atoms with Crippen molar-refractivity contribution < 1.29 is 0 Å². The Kier molecular flexibility index (Phi) is 3.42. The third kappa shape index (κ3) is 2.33. The van der Waals surface area contributed by atoms with Gasteiger partial charge in [-0.15, -0.1) is 11.3 Å². The first kappa shape index (κ1) is 12.8. The molecule has 3 heteroatoms. The van der Waals surface area contributed by atoms with E-state index in [-0.39, 0.29) is 5.41 Å². The molecule has 1 aliphatic rings. The molecule has 3 rings (SSSR count). The first-order chi connectivity index (χ1) is 9.23. The summed E-state index contributed by atoms with van der Waals surface area (Å²) in [6, 6.07) is 8.82. The largest absolute Gasteiger partial charge is 0.330 e. The van der Waals surface area contributed by atoms with Crippen molar-refractivity contribution in [3.63, 3.8) is 0 Å². The molecule has 1 aromatic carbocycles. The van der Waals surface area contributed by atoms with E-state index in [1.165, 1.54) is 35.3 Å². The molecular weight excluding hydrogens is 252 g/mol. The predicted octanol–water partition coefficient (Wildman–Crippen LogP) is 3.23. The van der Waals surface area contributed by atoms with Crippen LogP contribution < -0.4 is 5.73 Å². The number of nitrogens with zero attached hydrogens (tertiary/aromatic N) is 1. The van der Waals surface area contributed by atoms with Gasteiger partial charge in [-0.1, -0.05) is 24.3 Å². The maximum atomic E-state index is 6.19. The summed E-state index contributed by atoms with van der Waals surface area (Å²) in [6.45, 7) is 2.79. The molecule has 1 atom stereocenters. The van der Waals surface area contributed by atoms with E-state index in [1.54, 1.807) is 11.3 Å². The van der Waals surface area contributed by atoms with Crippen molar-refractivity contribution in [1.29, 1.82) is 0 Å². The number of fused-ring (bicyclic) bond motifs is 1. The lowest BCUT2D eigenvalue weighted by Crippen LogP contribution is -2.40. The third-order valence-corrected chi connectivity index (χ3v) is 5.18. The molecule has 0 radical (unpaired) electrons. The van der Waals surface area contributed by atoms with Gasteiger partial charge in [-0.25, -0.2) is 4.98 Å². The lowest BCUT2D eigenvalue weighted by molar-refractivity contribution is 0.368. The van der Waals surface area contributed by atoms with Gasteiger partial charge in [0.15, 0.2) is 0 Å². The molecule has 1 unspecified atom stereocenters. The van der Waals surface area contributed by atoms with E-state index >= 15 is 0 Å². The average molecular weight is 272 g/mol. The zero-order valence-corrected chi connectivity index (χ0v) is 12.2. The molecule has 0 fully saturated rings. The minimum Gasteiger partial charge on any atom is -0.330 e. The van der Waals surface area contributed by atoms with Gasteiger partial charge in [0.1, 0.15) is 0 Å². The van der Waals surface area contributed by atoms with Crippen LogP contribution in [0.2, 0.25) is 0 Å². The Morgan fingerprint density at radius 3 is 2.95 bits per heavy atom. The van der Waals surface area contributed by atoms with Crippen molar-refractivity contribution in [1.82, 2.24) is 4.98 Å². The molecule has 0 spiro atoms. The molecule has 0 bridgehead atoms. The highest BCUT2D eigenvalue weighted by atomic mass is 32.1. The fraction of sp³-hybridized carbons (Fsp3) is 0.438. The Morgan fingerprint density at radius 2 is 2.21 bits per heavy atom. The number of hydrogen-bond acceptors (Lipinski definition) is 3. The van der Waals surface area contributed by atoms with Crippen molar-refractivity contribution in [2.24, 2.45) is 5.73 Å². The first-order valence-electron chi connectivity index (χ1n) is 6.93. The molecule has 0 saturated carbocycles. The lowest BCUT2D eigenvalue weighted by atomic mass is 9.68. The SMILES string of the molecule is Cc1ncc(CC2(CN)CCCc3ccccc32)s1. The molecule has 2 nitrogen and oxygen atoms in total. The van der Waals surface area contributed by atoms with E-state index in [4.69, 9.17) is 5.73 Å². The molecule has 19 heavy (non-hydrogen) atoms. The number of aromatic nitrogens is 1. The number of thiazole rings is 1. The van der Waals surface area contributed by atoms with Gasteiger partial charge < -0.3 is 5.73 Å². The van der Waals surface area contributed by atoms with Crippen molar-refractivity contribution in [2.75, 3.05) is 6.54 Å². The summed E-state index contributed by atoms with van der Waals surface area (Å²) < 4.78 is 0. The summed E-state index contributed by atoms with van der Waals surface area (Å²) in [4.78, 5) is 5.74. The zero-order valence-electron chi connectivity index (χ0n) is 11.4. The van der Waals surface area contributed by atoms with Gasteiger partial charge in [0.05, 0.1) is 5.01 Å². The van der Waals surface area contributed by atoms with Crippen LogP contribution in [-0.4, -0.2) is 11.5 Å². The molecule has 1 aromatic heterocycles. The topological polar surface area (TPSA) is 38.9 Å². The normalized spacial score (nSPS) is 22.2. The molecule has 0 amide bonds. The highest BCUT2D eigenvalue weighted by Crippen LogP contribution is 2.40. The fourth-order valence-electron chi connectivity index (χ4n) is 3.30. The Bertz CT molecular complexity index is 576. The van der Waals surface area contributed by atoms with Crippen molar-refractivity contribution in [2.45, 2.75) is 38.0 Å². The monoisotopic (exact) mass is 272 g/mol. The molecule has 2 N–H and O–H groups in total. The second-order valence-electron chi connectivity index (χ2n) is 5.52. The first-order valence-corrected chi connectivity index (χ1v) is 7.75. The average Bonchev–Trinajstić information content (AvgIpc) is 2.84. The molecule has 2 aromatic rings. The van der Waals surface area contributed by atoms with E-state index in [0.717, 1.165) is 18.0 Å². The minimum atomic E-state index is 0.119. The van der Waals surface area contributed by atoms with Crippen LogP contribution in [0.1, 0.15) is 33.9 Å². The van der Waals surface area contributed by atoms with E-state index in [9.17, 15) is 0 Å². The van der Waals surface area contributed by atoms with Gasteiger partial charge in [0.25, 0.3) is 0 Å². The summed E-state index contributed by atoms with van der Waals surface area (Å²) in [6.07, 6.45) is 6.68. The summed E-state index contributed by atoms with van der Waals surface area (Å²) in [5, 5.41) is 1.14. The smallest absolute Gasteiger partial charge is 0.0896 e. The predicted molar refractivity (Wildman–Crippen MR) is 80.7 cm³/mol. The van der Waals surface area contributed by atoms with Gasteiger partial charge in [0.2, 0.25) is 0 Å². The van der Waals surface area contributed by atoms with Crippen molar-refractivity contribution in [3.8, 4) is 0 Å². The standard InChI is InChI=1S/C16H20N2S/c1-12-18-10-14(19-12)9-16(11-17)8-4-6-13-5-2-3-7-15(13)16/h2-3,5,7,10H,4,6,8-9,11,17H2,1H3. The summed E-state index contributed by atoms with van der Waals surface area (Å²) >= 11 is 1.80. The van der Waals surface area contributed by atoms with Crippen molar-refractivity contribution in [3.05, 3.63) is 51.5 Å². The van der Waals surface area contributed by atoms with Crippen LogP contribution in [0.3, 0.4) is 0 Å². The molecule has 1 aliphatic carbocycles. The quantitative estimate of drug-likeness (QED) is 0.931. The highest BCUT2D eigenvalue weighted by Gasteiger charge is 2.35. The van der Waals surface area contributed by atoms with Crippen LogP contribution in [0.4, 0.5) is 0 Å². The zero-order chi connectivity index (χ0) is 13.3. The Hall–Kier alpha value is -1.19. The van der Waals surface area contributed by atoms with Gasteiger partial charge in [-0.3, -0.25) is 0 Å². The lowest BCUT2D eigenvalue weighted by Gasteiger charge is -2.38. The minimum absolute atomic E-state index is 0.119. The van der Waals surface area contributed by atoms with Crippen LogP contribution in [0.5, 0.6) is 0 Å². The Labute approximate surface area is 118 Å². The Morgan fingerprint density at radius 1 is 1.37 bits per heavy atom. The molecule has 0 saturated heterocycles.